The van der Waals surface area contributed by atoms with Crippen molar-refractivity contribution in [3.8, 4) is 17.3 Å². The van der Waals surface area contributed by atoms with E-state index in [9.17, 15) is 14.9 Å². The van der Waals surface area contributed by atoms with Crippen LogP contribution >= 0.6 is 23.1 Å². The predicted molar refractivity (Wildman–Crippen MR) is 105 cm³/mol. The molecule has 0 aliphatic heterocycles. The first-order valence-electron chi connectivity index (χ1n) is 7.69. The van der Waals surface area contributed by atoms with Crippen LogP contribution in [0.4, 0.5) is 11.4 Å². The van der Waals surface area contributed by atoms with Gasteiger partial charge in [-0.2, -0.15) is 5.26 Å². The Morgan fingerprint density at radius 1 is 1.30 bits per heavy atom. The van der Waals surface area contributed by atoms with Gasteiger partial charge in [-0.05, 0) is 6.07 Å². The normalized spacial score (nSPS) is 10.2. The van der Waals surface area contributed by atoms with Crippen molar-refractivity contribution >= 4 is 40.4 Å². The lowest BCUT2D eigenvalue weighted by atomic mass is 10.1. The molecule has 0 atom stereocenters. The monoisotopic (exact) mass is 396 g/mol. The van der Waals surface area contributed by atoms with Crippen molar-refractivity contribution in [3.63, 3.8) is 0 Å². The van der Waals surface area contributed by atoms with Crippen LogP contribution in [-0.2, 0) is 4.79 Å². The number of nitrogens with one attached hydrogen (secondary N) is 1. The lowest BCUT2D eigenvalue weighted by molar-refractivity contribution is -0.384. The molecule has 1 aromatic heterocycles. The second kappa shape index (κ2) is 8.44. The Kier molecular flexibility index (Phi) is 5.80. The Balaban J connectivity index is 1.62. The molecule has 134 valence electrons. The van der Waals surface area contributed by atoms with E-state index in [0.29, 0.717) is 0 Å². The first-order chi connectivity index (χ1) is 13.1. The molecule has 0 aliphatic rings. The van der Waals surface area contributed by atoms with Gasteiger partial charge in [-0.3, -0.25) is 14.9 Å². The van der Waals surface area contributed by atoms with Crippen LogP contribution in [-0.4, -0.2) is 21.6 Å². The number of anilines is 1. The van der Waals surface area contributed by atoms with Gasteiger partial charge in [0.15, 0.2) is 4.34 Å². The predicted octanol–water partition coefficient (Wildman–Crippen LogP) is 4.32. The van der Waals surface area contributed by atoms with Gasteiger partial charge in [0.1, 0.15) is 6.07 Å². The molecular formula is C18H12N4O3S2. The Labute approximate surface area is 162 Å². The maximum absolute atomic E-state index is 12.2. The largest absolute Gasteiger partial charge is 0.324 e. The molecule has 7 nitrogen and oxygen atoms in total. The number of amides is 1. The number of nitriles is 1. The molecule has 0 aliphatic carbocycles. The Morgan fingerprint density at radius 2 is 2.07 bits per heavy atom. The van der Waals surface area contributed by atoms with Gasteiger partial charge in [0.2, 0.25) is 5.91 Å². The van der Waals surface area contributed by atoms with Crippen molar-refractivity contribution in [2.24, 2.45) is 0 Å². The SMILES string of the molecule is N#Cc1cc([N+](=O)[O-])ccc1NC(=O)CSc1nc(-c2ccccc2)cs1. The number of hydrogen-bond acceptors (Lipinski definition) is 7. The molecule has 0 radical (unpaired) electrons. The highest BCUT2D eigenvalue weighted by molar-refractivity contribution is 8.01. The third-order valence-electron chi connectivity index (χ3n) is 3.49. The zero-order valence-electron chi connectivity index (χ0n) is 13.8. The number of non-ortho nitro benzene ring substituents is 1. The maximum atomic E-state index is 12.2. The number of thioether (sulfide) groups is 1. The molecule has 0 spiro atoms. The van der Waals surface area contributed by atoms with Crippen LogP contribution in [0.1, 0.15) is 5.56 Å². The van der Waals surface area contributed by atoms with Crippen molar-refractivity contribution in [2.45, 2.75) is 4.34 Å². The number of benzene rings is 2. The quantitative estimate of drug-likeness (QED) is 0.377. The second-order valence-corrected chi connectivity index (χ2v) is 7.38. The molecule has 1 heterocycles. The lowest BCUT2D eigenvalue weighted by Crippen LogP contribution is -2.15. The van der Waals surface area contributed by atoms with E-state index in [1.54, 1.807) is 0 Å². The van der Waals surface area contributed by atoms with Gasteiger partial charge in [-0.25, -0.2) is 4.98 Å². The summed E-state index contributed by atoms with van der Waals surface area (Å²) in [5, 5.41) is 24.4. The summed E-state index contributed by atoms with van der Waals surface area (Å²) in [5.41, 5.74) is 1.95. The van der Waals surface area contributed by atoms with Gasteiger partial charge in [-0.1, -0.05) is 42.1 Å². The van der Waals surface area contributed by atoms with E-state index in [-0.39, 0.29) is 28.6 Å². The number of rotatable bonds is 6. The Morgan fingerprint density at radius 3 is 2.78 bits per heavy atom. The van der Waals surface area contributed by atoms with Crippen LogP contribution in [0.25, 0.3) is 11.3 Å². The summed E-state index contributed by atoms with van der Waals surface area (Å²) < 4.78 is 0.758. The van der Waals surface area contributed by atoms with E-state index >= 15 is 0 Å². The number of aromatic nitrogens is 1. The van der Waals surface area contributed by atoms with Gasteiger partial charge >= 0.3 is 0 Å². The van der Waals surface area contributed by atoms with Crippen LogP contribution in [0.5, 0.6) is 0 Å². The summed E-state index contributed by atoms with van der Waals surface area (Å²) in [5.74, 6) is -0.203. The second-order valence-electron chi connectivity index (χ2n) is 5.30. The van der Waals surface area contributed by atoms with E-state index in [0.717, 1.165) is 21.7 Å². The number of nitro groups is 1. The lowest BCUT2D eigenvalue weighted by Gasteiger charge is -2.06. The van der Waals surface area contributed by atoms with Gasteiger partial charge in [0.05, 0.1) is 27.6 Å². The fraction of sp³-hybridized carbons (Fsp3) is 0.0556. The third-order valence-corrected chi connectivity index (χ3v) is 5.51. The fourth-order valence-corrected chi connectivity index (χ4v) is 3.86. The van der Waals surface area contributed by atoms with E-state index < -0.39 is 4.92 Å². The van der Waals surface area contributed by atoms with Crippen molar-refractivity contribution in [2.75, 3.05) is 11.1 Å². The molecule has 9 heteroatoms. The molecule has 0 fully saturated rings. The molecule has 3 rings (SSSR count). The molecule has 0 saturated carbocycles. The van der Waals surface area contributed by atoms with E-state index in [1.807, 2.05) is 41.8 Å². The molecule has 3 aromatic rings. The highest BCUT2D eigenvalue weighted by atomic mass is 32.2. The minimum atomic E-state index is -0.588. The van der Waals surface area contributed by atoms with Crippen molar-refractivity contribution < 1.29 is 9.72 Å². The van der Waals surface area contributed by atoms with Crippen LogP contribution < -0.4 is 5.32 Å². The number of nitro benzene ring substituents is 1. The summed E-state index contributed by atoms with van der Waals surface area (Å²) in [6, 6.07) is 15.3. The highest BCUT2D eigenvalue weighted by Crippen LogP contribution is 2.28. The van der Waals surface area contributed by atoms with Crippen LogP contribution in [0, 0.1) is 21.4 Å². The molecule has 27 heavy (non-hydrogen) atoms. The zero-order valence-corrected chi connectivity index (χ0v) is 15.4. The summed E-state index contributed by atoms with van der Waals surface area (Å²) in [6.07, 6.45) is 0. The minimum absolute atomic E-state index is 0.0446. The third kappa shape index (κ3) is 4.69. The van der Waals surface area contributed by atoms with Crippen molar-refractivity contribution in [1.82, 2.24) is 4.98 Å². The standard InChI is InChI=1S/C18H12N4O3S2/c19-9-13-8-14(22(24)25)6-7-15(13)20-17(23)11-27-18-21-16(10-26-18)12-4-2-1-3-5-12/h1-8,10H,11H2,(H,20,23). The van der Waals surface area contributed by atoms with Gasteiger partial charge in [0, 0.05) is 23.1 Å². The number of carbonyl (C=O) groups is 1. The fourth-order valence-electron chi connectivity index (χ4n) is 2.23. The molecule has 1 amide bonds. The number of thiazole rings is 1. The zero-order chi connectivity index (χ0) is 19.2. The van der Waals surface area contributed by atoms with Crippen molar-refractivity contribution in [1.29, 1.82) is 5.26 Å². The molecule has 2 aromatic carbocycles. The van der Waals surface area contributed by atoms with E-state index in [2.05, 4.69) is 10.3 Å². The maximum Gasteiger partial charge on any atom is 0.270 e. The Bertz CT molecular complexity index is 1030. The van der Waals surface area contributed by atoms with Gasteiger partial charge in [-0.15, -0.1) is 11.3 Å². The molecular weight excluding hydrogens is 384 g/mol. The molecule has 0 saturated heterocycles. The van der Waals surface area contributed by atoms with Crippen LogP contribution in [0.15, 0.2) is 58.3 Å². The van der Waals surface area contributed by atoms with Gasteiger partial charge < -0.3 is 5.32 Å². The van der Waals surface area contributed by atoms with E-state index in [4.69, 9.17) is 5.26 Å². The molecule has 1 N–H and O–H groups in total. The number of hydrogen-bond donors (Lipinski definition) is 1. The molecule has 0 unspecified atom stereocenters. The summed E-state index contributed by atoms with van der Waals surface area (Å²) in [4.78, 5) is 26.8. The highest BCUT2D eigenvalue weighted by Gasteiger charge is 2.13. The van der Waals surface area contributed by atoms with Crippen LogP contribution in [0.2, 0.25) is 0 Å². The number of nitrogens with zero attached hydrogens (tertiary/aromatic N) is 3. The smallest absolute Gasteiger partial charge is 0.270 e. The average molecular weight is 396 g/mol. The summed E-state index contributed by atoms with van der Waals surface area (Å²) in [6.45, 7) is 0. The van der Waals surface area contributed by atoms with E-state index in [1.165, 1.54) is 35.2 Å². The Hall–Kier alpha value is -3.22. The van der Waals surface area contributed by atoms with Gasteiger partial charge in [0.25, 0.3) is 5.69 Å². The molecule has 0 bridgehead atoms. The average Bonchev–Trinajstić information content (AvgIpc) is 3.16. The summed E-state index contributed by atoms with van der Waals surface area (Å²) >= 11 is 2.74. The number of carbonyl (C=O) groups excluding carboxylic acids is 1. The topological polar surface area (TPSA) is 109 Å². The summed E-state index contributed by atoms with van der Waals surface area (Å²) in [7, 11) is 0. The first-order valence-corrected chi connectivity index (χ1v) is 9.55. The van der Waals surface area contributed by atoms with Crippen LogP contribution in [0.3, 0.4) is 0 Å². The minimum Gasteiger partial charge on any atom is -0.324 e. The van der Waals surface area contributed by atoms with Crippen molar-refractivity contribution in [3.05, 3.63) is 69.6 Å². The first kappa shape index (κ1) is 18.6.